The molecule has 0 atom stereocenters. The third kappa shape index (κ3) is 6.25. The summed E-state index contributed by atoms with van der Waals surface area (Å²) >= 11 is 1.31. The van der Waals surface area contributed by atoms with Gasteiger partial charge in [-0.15, -0.1) is 11.3 Å². The van der Waals surface area contributed by atoms with E-state index in [-0.39, 0.29) is 17.3 Å². The number of hydrogen-bond acceptors (Lipinski definition) is 6. The molecule has 0 aliphatic carbocycles. The number of rotatable bonds is 8. The summed E-state index contributed by atoms with van der Waals surface area (Å²) in [6.07, 6.45) is 0. The van der Waals surface area contributed by atoms with E-state index in [1.165, 1.54) is 39.9 Å². The average molecular weight is 536 g/mol. The lowest BCUT2D eigenvalue weighted by Gasteiger charge is -2.34. The number of benzene rings is 3. The minimum Gasteiger partial charge on any atom is -0.497 e. The molecule has 4 aromatic rings. The van der Waals surface area contributed by atoms with Crippen molar-refractivity contribution in [3.63, 3.8) is 0 Å². The van der Waals surface area contributed by atoms with Gasteiger partial charge < -0.3 is 4.74 Å². The van der Waals surface area contributed by atoms with Crippen molar-refractivity contribution in [2.75, 3.05) is 12.4 Å². The molecule has 0 bridgehead atoms. The van der Waals surface area contributed by atoms with Crippen LogP contribution in [-0.2, 0) is 16.6 Å². The SMILES string of the molecule is COc1cccc(-c2csc(NC(=O)c3ccc(S(=O)(=O)N(Cc4ccccc4)C(C)(C)C)cc3)n2)c1. The number of nitrogens with one attached hydrogen (secondary N) is 1. The highest BCUT2D eigenvalue weighted by molar-refractivity contribution is 7.89. The molecule has 192 valence electrons. The number of sulfonamides is 1. The fourth-order valence-electron chi connectivity index (χ4n) is 3.75. The van der Waals surface area contributed by atoms with Gasteiger partial charge in [-0.25, -0.2) is 13.4 Å². The van der Waals surface area contributed by atoms with E-state index >= 15 is 0 Å². The highest BCUT2D eigenvalue weighted by Gasteiger charge is 2.34. The first-order chi connectivity index (χ1) is 17.6. The number of nitrogens with zero attached hydrogens (tertiary/aromatic N) is 2. The fourth-order valence-corrected chi connectivity index (χ4v) is 6.24. The van der Waals surface area contributed by atoms with Gasteiger partial charge in [0, 0.05) is 28.6 Å². The molecule has 0 fully saturated rings. The van der Waals surface area contributed by atoms with Crippen molar-refractivity contribution in [3.8, 4) is 17.0 Å². The number of amides is 1. The van der Waals surface area contributed by atoms with E-state index in [4.69, 9.17) is 4.74 Å². The van der Waals surface area contributed by atoms with Crippen molar-refractivity contribution < 1.29 is 17.9 Å². The van der Waals surface area contributed by atoms with Crippen LogP contribution in [0.3, 0.4) is 0 Å². The first-order valence-corrected chi connectivity index (χ1v) is 14.0. The summed E-state index contributed by atoms with van der Waals surface area (Å²) in [4.78, 5) is 17.5. The van der Waals surface area contributed by atoms with Crippen LogP contribution >= 0.6 is 11.3 Å². The van der Waals surface area contributed by atoms with Gasteiger partial charge >= 0.3 is 0 Å². The molecule has 0 unspecified atom stereocenters. The Balaban J connectivity index is 1.50. The number of aromatic nitrogens is 1. The van der Waals surface area contributed by atoms with E-state index in [2.05, 4.69) is 10.3 Å². The van der Waals surface area contributed by atoms with Crippen LogP contribution in [-0.4, -0.2) is 36.3 Å². The largest absolute Gasteiger partial charge is 0.497 e. The van der Waals surface area contributed by atoms with Crippen LogP contribution in [0.4, 0.5) is 5.13 Å². The number of hydrogen-bond donors (Lipinski definition) is 1. The van der Waals surface area contributed by atoms with Crippen LogP contribution in [0.15, 0.2) is 89.1 Å². The third-order valence-electron chi connectivity index (χ3n) is 5.71. The van der Waals surface area contributed by atoms with Crippen molar-refractivity contribution in [1.82, 2.24) is 9.29 Å². The summed E-state index contributed by atoms with van der Waals surface area (Å²) in [5.41, 5.74) is 2.19. The summed E-state index contributed by atoms with van der Waals surface area (Å²) in [7, 11) is -2.21. The van der Waals surface area contributed by atoms with E-state index in [0.29, 0.717) is 10.7 Å². The predicted molar refractivity (Wildman–Crippen MR) is 147 cm³/mol. The van der Waals surface area contributed by atoms with Gasteiger partial charge in [0.15, 0.2) is 5.13 Å². The molecule has 0 spiro atoms. The van der Waals surface area contributed by atoms with E-state index in [0.717, 1.165) is 22.6 Å². The quantitative estimate of drug-likeness (QED) is 0.296. The molecule has 0 aliphatic rings. The van der Waals surface area contributed by atoms with E-state index < -0.39 is 15.6 Å². The van der Waals surface area contributed by atoms with Crippen LogP contribution < -0.4 is 10.1 Å². The Labute approximate surface area is 221 Å². The van der Waals surface area contributed by atoms with Gasteiger partial charge in [0.05, 0.1) is 17.7 Å². The number of thiazole rings is 1. The third-order valence-corrected chi connectivity index (χ3v) is 8.59. The van der Waals surface area contributed by atoms with Gasteiger partial charge in [-0.1, -0.05) is 42.5 Å². The maximum Gasteiger partial charge on any atom is 0.257 e. The first-order valence-electron chi connectivity index (χ1n) is 11.7. The summed E-state index contributed by atoms with van der Waals surface area (Å²) in [6.45, 7) is 5.84. The molecule has 1 N–H and O–H groups in total. The molecule has 0 saturated heterocycles. The second-order valence-corrected chi connectivity index (χ2v) is 12.1. The lowest BCUT2D eigenvalue weighted by Crippen LogP contribution is -2.44. The molecule has 0 aliphatic heterocycles. The van der Waals surface area contributed by atoms with E-state index in [1.54, 1.807) is 7.11 Å². The summed E-state index contributed by atoms with van der Waals surface area (Å²) in [5, 5.41) is 5.09. The molecule has 37 heavy (non-hydrogen) atoms. The van der Waals surface area contributed by atoms with Crippen molar-refractivity contribution in [2.45, 2.75) is 37.8 Å². The maximum atomic E-state index is 13.5. The number of carbonyl (C=O) groups excluding carboxylic acids is 1. The summed E-state index contributed by atoms with van der Waals surface area (Å²) < 4.78 is 33.8. The van der Waals surface area contributed by atoms with Crippen molar-refractivity contribution in [3.05, 3.63) is 95.4 Å². The molecule has 7 nitrogen and oxygen atoms in total. The summed E-state index contributed by atoms with van der Waals surface area (Å²) in [6, 6.07) is 23.0. The monoisotopic (exact) mass is 535 g/mol. The topological polar surface area (TPSA) is 88.6 Å². The molecule has 3 aromatic carbocycles. The Hall–Kier alpha value is -3.53. The molecule has 0 saturated carbocycles. The maximum absolute atomic E-state index is 13.5. The van der Waals surface area contributed by atoms with Gasteiger partial charge in [-0.3, -0.25) is 10.1 Å². The van der Waals surface area contributed by atoms with E-state index in [1.807, 2.05) is 80.7 Å². The zero-order valence-electron chi connectivity index (χ0n) is 21.1. The van der Waals surface area contributed by atoms with Crippen molar-refractivity contribution in [2.24, 2.45) is 0 Å². The molecule has 1 aromatic heterocycles. The molecule has 9 heteroatoms. The number of methoxy groups -OCH3 is 1. The van der Waals surface area contributed by atoms with Crippen LogP contribution in [0.2, 0.25) is 0 Å². The lowest BCUT2D eigenvalue weighted by atomic mass is 10.1. The minimum absolute atomic E-state index is 0.129. The zero-order valence-corrected chi connectivity index (χ0v) is 22.8. The van der Waals surface area contributed by atoms with Crippen molar-refractivity contribution >= 4 is 32.4 Å². The minimum atomic E-state index is -3.81. The lowest BCUT2D eigenvalue weighted by molar-refractivity contribution is 0.102. The Morgan fingerprint density at radius 3 is 2.35 bits per heavy atom. The highest BCUT2D eigenvalue weighted by atomic mass is 32.2. The second kappa shape index (κ2) is 10.8. The molecular weight excluding hydrogens is 506 g/mol. The van der Waals surface area contributed by atoms with Crippen LogP contribution in [0.1, 0.15) is 36.7 Å². The number of carbonyl (C=O) groups is 1. The van der Waals surface area contributed by atoms with Crippen LogP contribution in [0.25, 0.3) is 11.3 Å². The smallest absolute Gasteiger partial charge is 0.257 e. The predicted octanol–water partition coefficient (Wildman–Crippen LogP) is 6.06. The number of ether oxygens (including phenoxy) is 1. The highest BCUT2D eigenvalue weighted by Crippen LogP contribution is 2.29. The Kier molecular flexibility index (Phi) is 7.77. The fraction of sp³-hybridized carbons (Fsp3) is 0.214. The molecular formula is C28H29N3O4S2. The van der Waals surface area contributed by atoms with Gasteiger partial charge in [-0.05, 0) is 62.7 Å². The normalized spacial score (nSPS) is 11.9. The van der Waals surface area contributed by atoms with Crippen LogP contribution in [0, 0.1) is 0 Å². The molecule has 0 radical (unpaired) electrons. The number of anilines is 1. The van der Waals surface area contributed by atoms with Crippen molar-refractivity contribution in [1.29, 1.82) is 0 Å². The van der Waals surface area contributed by atoms with Crippen LogP contribution in [0.5, 0.6) is 5.75 Å². The molecule has 4 rings (SSSR count). The van der Waals surface area contributed by atoms with Gasteiger partial charge in [0.2, 0.25) is 10.0 Å². The Morgan fingerprint density at radius 1 is 1.00 bits per heavy atom. The molecule has 1 amide bonds. The second-order valence-electron chi connectivity index (χ2n) is 9.42. The van der Waals surface area contributed by atoms with E-state index in [9.17, 15) is 13.2 Å². The molecule has 1 heterocycles. The average Bonchev–Trinajstić information content (AvgIpc) is 3.35. The Morgan fingerprint density at radius 2 is 1.70 bits per heavy atom. The standard InChI is InChI=1S/C28H29N3O4S2/c1-28(2,3)31(18-20-9-6-5-7-10-20)37(33,34)24-15-13-21(14-16-24)26(32)30-27-29-25(19-36-27)22-11-8-12-23(17-22)35-4/h5-17,19H,18H2,1-4H3,(H,29,30,32). The zero-order chi connectivity index (χ0) is 26.6. The Bertz CT molecular complexity index is 1480. The summed E-state index contributed by atoms with van der Waals surface area (Å²) in [5.74, 6) is 0.354. The van der Waals surface area contributed by atoms with Gasteiger partial charge in [0.25, 0.3) is 5.91 Å². The van der Waals surface area contributed by atoms with Gasteiger partial charge in [-0.2, -0.15) is 4.31 Å². The van der Waals surface area contributed by atoms with Gasteiger partial charge in [0.1, 0.15) is 5.75 Å². The first kappa shape index (κ1) is 26.5.